The topological polar surface area (TPSA) is 43.8 Å². The highest BCUT2D eigenvalue weighted by molar-refractivity contribution is 6.32. The van der Waals surface area contributed by atoms with Crippen LogP contribution in [0, 0.1) is 13.8 Å². The van der Waals surface area contributed by atoms with Gasteiger partial charge in [0.05, 0.1) is 16.4 Å². The predicted molar refractivity (Wildman–Crippen MR) is 79.8 cm³/mol. The van der Waals surface area contributed by atoms with Crippen molar-refractivity contribution in [1.82, 2.24) is 9.78 Å². The van der Waals surface area contributed by atoms with E-state index in [1.165, 1.54) is 0 Å². The highest BCUT2D eigenvalue weighted by Crippen LogP contribution is 2.28. The van der Waals surface area contributed by atoms with Gasteiger partial charge in [0.1, 0.15) is 0 Å². The number of hydrogen-bond donors (Lipinski definition) is 1. The highest BCUT2D eigenvalue weighted by atomic mass is 35.5. The van der Waals surface area contributed by atoms with Crippen molar-refractivity contribution in [3.63, 3.8) is 0 Å². The van der Waals surface area contributed by atoms with E-state index >= 15 is 0 Å². The van der Waals surface area contributed by atoms with E-state index in [4.69, 9.17) is 28.9 Å². The maximum absolute atomic E-state index is 6.29. The van der Waals surface area contributed by atoms with Crippen molar-refractivity contribution in [2.24, 2.45) is 12.8 Å². The fraction of sp³-hybridized carbons (Fsp3) is 0.357. The molecule has 1 aromatic carbocycles. The first-order valence-electron chi connectivity index (χ1n) is 6.10. The number of rotatable bonds is 3. The summed E-state index contributed by atoms with van der Waals surface area (Å²) in [5, 5.41) is 5.73. The second kappa shape index (κ2) is 5.53. The van der Waals surface area contributed by atoms with Gasteiger partial charge in [-0.3, -0.25) is 4.68 Å². The Balaban J connectivity index is 2.31. The predicted octanol–water partition coefficient (Wildman–Crippen LogP) is 3.59. The molecule has 0 aliphatic rings. The minimum atomic E-state index is -0.147. The van der Waals surface area contributed by atoms with Gasteiger partial charge in [0.2, 0.25) is 0 Å². The minimum Gasteiger partial charge on any atom is -0.324 e. The van der Waals surface area contributed by atoms with E-state index in [9.17, 15) is 0 Å². The molecule has 0 fully saturated rings. The molecule has 1 unspecified atom stereocenters. The largest absolute Gasteiger partial charge is 0.324 e. The van der Waals surface area contributed by atoms with Crippen LogP contribution < -0.4 is 5.73 Å². The van der Waals surface area contributed by atoms with E-state index in [1.54, 1.807) is 4.68 Å². The molecular formula is C14H17Cl2N3. The number of aryl methyl sites for hydroxylation is 2. The summed E-state index contributed by atoms with van der Waals surface area (Å²) in [7, 11) is 1.88. The molecule has 19 heavy (non-hydrogen) atoms. The molecule has 0 aliphatic carbocycles. The summed E-state index contributed by atoms with van der Waals surface area (Å²) in [6.07, 6.45) is 0.636. The lowest BCUT2D eigenvalue weighted by Gasteiger charge is -2.16. The van der Waals surface area contributed by atoms with Gasteiger partial charge in [-0.1, -0.05) is 35.3 Å². The SMILES string of the molecule is Cc1nn(C)c(CC(N)c2cccc(Cl)c2C)c1Cl. The zero-order valence-corrected chi connectivity index (χ0v) is 12.8. The van der Waals surface area contributed by atoms with Crippen molar-refractivity contribution in [3.05, 3.63) is 50.8 Å². The summed E-state index contributed by atoms with van der Waals surface area (Å²) in [4.78, 5) is 0. The average molecular weight is 298 g/mol. The zero-order valence-electron chi connectivity index (χ0n) is 11.2. The van der Waals surface area contributed by atoms with Gasteiger partial charge < -0.3 is 5.73 Å². The molecular weight excluding hydrogens is 281 g/mol. The Bertz CT molecular complexity index is 605. The summed E-state index contributed by atoms with van der Waals surface area (Å²) < 4.78 is 1.79. The lowest BCUT2D eigenvalue weighted by Crippen LogP contribution is -2.17. The molecule has 1 aromatic heterocycles. The summed E-state index contributed by atoms with van der Waals surface area (Å²) >= 11 is 12.4. The van der Waals surface area contributed by atoms with Crippen molar-refractivity contribution in [2.75, 3.05) is 0 Å². The fourth-order valence-corrected chi connectivity index (χ4v) is 2.67. The summed E-state index contributed by atoms with van der Waals surface area (Å²) in [5.74, 6) is 0. The monoisotopic (exact) mass is 297 g/mol. The van der Waals surface area contributed by atoms with Gasteiger partial charge in [-0.15, -0.1) is 0 Å². The normalized spacial score (nSPS) is 12.7. The first kappa shape index (κ1) is 14.4. The average Bonchev–Trinajstić information content (AvgIpc) is 2.59. The fourth-order valence-electron chi connectivity index (χ4n) is 2.25. The van der Waals surface area contributed by atoms with Crippen LogP contribution in [0.1, 0.15) is 28.6 Å². The van der Waals surface area contributed by atoms with Crippen LogP contribution in [0.4, 0.5) is 0 Å². The van der Waals surface area contributed by atoms with Crippen LogP contribution in [-0.2, 0) is 13.5 Å². The molecule has 0 saturated carbocycles. The molecule has 1 heterocycles. The molecule has 5 heteroatoms. The minimum absolute atomic E-state index is 0.147. The molecule has 1 atom stereocenters. The van der Waals surface area contributed by atoms with E-state index in [0.717, 1.165) is 27.5 Å². The maximum atomic E-state index is 6.29. The molecule has 0 radical (unpaired) electrons. The second-order valence-electron chi connectivity index (χ2n) is 4.73. The Labute approximate surface area is 123 Å². The van der Waals surface area contributed by atoms with Crippen LogP contribution in [0.15, 0.2) is 18.2 Å². The molecule has 2 N–H and O–H groups in total. The van der Waals surface area contributed by atoms with Crippen LogP contribution in [0.3, 0.4) is 0 Å². The third kappa shape index (κ3) is 2.78. The number of aromatic nitrogens is 2. The van der Waals surface area contributed by atoms with Crippen LogP contribution in [0.2, 0.25) is 10.0 Å². The first-order chi connectivity index (χ1) is 8.91. The first-order valence-corrected chi connectivity index (χ1v) is 6.86. The van der Waals surface area contributed by atoms with Crippen molar-refractivity contribution in [1.29, 1.82) is 0 Å². The Morgan fingerprint density at radius 2 is 2.00 bits per heavy atom. The number of halogens is 2. The molecule has 2 rings (SSSR count). The van der Waals surface area contributed by atoms with Crippen LogP contribution in [0.5, 0.6) is 0 Å². The molecule has 3 nitrogen and oxygen atoms in total. The maximum Gasteiger partial charge on any atom is 0.0847 e. The second-order valence-corrected chi connectivity index (χ2v) is 5.52. The Morgan fingerprint density at radius 3 is 2.58 bits per heavy atom. The lowest BCUT2D eigenvalue weighted by atomic mass is 9.98. The molecule has 0 bridgehead atoms. The molecule has 102 valence electrons. The summed E-state index contributed by atoms with van der Waals surface area (Å²) in [6, 6.07) is 5.64. The summed E-state index contributed by atoms with van der Waals surface area (Å²) in [6.45, 7) is 3.87. The quantitative estimate of drug-likeness (QED) is 0.941. The van der Waals surface area contributed by atoms with Crippen LogP contribution >= 0.6 is 23.2 Å². The third-order valence-corrected chi connectivity index (χ3v) is 4.29. The molecule has 0 amide bonds. The van der Waals surface area contributed by atoms with Crippen molar-refractivity contribution < 1.29 is 0 Å². The van der Waals surface area contributed by atoms with Gasteiger partial charge >= 0.3 is 0 Å². The van der Waals surface area contributed by atoms with E-state index < -0.39 is 0 Å². The van der Waals surface area contributed by atoms with E-state index in [1.807, 2.05) is 39.1 Å². The van der Waals surface area contributed by atoms with Crippen molar-refractivity contribution in [3.8, 4) is 0 Å². The molecule has 2 aromatic rings. The zero-order chi connectivity index (χ0) is 14.2. The van der Waals surface area contributed by atoms with Gasteiger partial charge in [0.25, 0.3) is 0 Å². The Morgan fingerprint density at radius 1 is 1.32 bits per heavy atom. The highest BCUT2D eigenvalue weighted by Gasteiger charge is 2.17. The van der Waals surface area contributed by atoms with Gasteiger partial charge in [-0.2, -0.15) is 5.10 Å². The number of nitrogens with two attached hydrogens (primary N) is 1. The van der Waals surface area contributed by atoms with Crippen LogP contribution in [-0.4, -0.2) is 9.78 Å². The standard InChI is InChI=1S/C14H17Cl2N3/c1-8-10(5-4-6-11(8)15)12(17)7-13-14(16)9(2)18-19(13)3/h4-6,12H,7,17H2,1-3H3. The van der Waals surface area contributed by atoms with Crippen LogP contribution in [0.25, 0.3) is 0 Å². The number of nitrogens with zero attached hydrogens (tertiary/aromatic N) is 2. The van der Waals surface area contributed by atoms with E-state index in [-0.39, 0.29) is 6.04 Å². The van der Waals surface area contributed by atoms with Gasteiger partial charge in [-0.05, 0) is 31.0 Å². The van der Waals surface area contributed by atoms with Gasteiger partial charge in [0.15, 0.2) is 0 Å². The summed E-state index contributed by atoms with van der Waals surface area (Å²) in [5.41, 5.74) is 10.1. The van der Waals surface area contributed by atoms with Gasteiger partial charge in [0, 0.05) is 24.5 Å². The Kier molecular flexibility index (Phi) is 4.19. The van der Waals surface area contributed by atoms with Crippen molar-refractivity contribution >= 4 is 23.2 Å². The van der Waals surface area contributed by atoms with E-state index in [2.05, 4.69) is 5.10 Å². The number of hydrogen-bond acceptors (Lipinski definition) is 2. The van der Waals surface area contributed by atoms with E-state index in [0.29, 0.717) is 11.4 Å². The van der Waals surface area contributed by atoms with Crippen molar-refractivity contribution in [2.45, 2.75) is 26.3 Å². The molecule has 0 spiro atoms. The number of benzene rings is 1. The Hall–Kier alpha value is -1.03. The lowest BCUT2D eigenvalue weighted by molar-refractivity contribution is 0.638. The molecule has 0 saturated heterocycles. The van der Waals surface area contributed by atoms with Gasteiger partial charge in [-0.25, -0.2) is 0 Å². The molecule has 0 aliphatic heterocycles. The third-order valence-electron chi connectivity index (χ3n) is 3.38. The smallest absolute Gasteiger partial charge is 0.0847 e.